The van der Waals surface area contributed by atoms with E-state index in [0.717, 1.165) is 24.7 Å². The molecule has 0 N–H and O–H groups in total. The molecule has 0 radical (unpaired) electrons. The highest BCUT2D eigenvalue weighted by Gasteiger charge is 2.38. The molecule has 0 aromatic carbocycles. The summed E-state index contributed by atoms with van der Waals surface area (Å²) in [5.74, 6) is 3.11. The minimum absolute atomic E-state index is 0.259. The zero-order valence-corrected chi connectivity index (χ0v) is 16.8. The second-order valence-electron chi connectivity index (χ2n) is 7.94. The van der Waals surface area contributed by atoms with Crippen LogP contribution in [-0.4, -0.2) is 15.4 Å². The highest BCUT2D eigenvalue weighted by Crippen LogP contribution is 2.43. The average Bonchev–Trinajstić information content (AvgIpc) is 2.57. The number of rotatable bonds is 3. The van der Waals surface area contributed by atoms with E-state index >= 15 is 0 Å². The number of Topliss-reactive ketones (excluding diaryl/α,β-unsaturated/α-hetero) is 1. The third-order valence-electron chi connectivity index (χ3n) is 6.56. The summed E-state index contributed by atoms with van der Waals surface area (Å²) in [7, 11) is 0. The van der Waals surface area contributed by atoms with Crippen molar-refractivity contribution in [2.45, 2.75) is 86.7 Å². The summed E-state index contributed by atoms with van der Waals surface area (Å²) >= 11 is 7.52. The van der Waals surface area contributed by atoms with Gasteiger partial charge in [0.05, 0.1) is 0 Å². The summed E-state index contributed by atoms with van der Waals surface area (Å²) < 4.78 is 0. The normalized spacial score (nSPS) is 41.3. The summed E-state index contributed by atoms with van der Waals surface area (Å²) in [5, 5.41) is 0. The van der Waals surface area contributed by atoms with E-state index in [9.17, 15) is 4.79 Å². The molecule has 3 heteroatoms. The van der Waals surface area contributed by atoms with E-state index in [-0.39, 0.29) is 5.92 Å². The zero-order chi connectivity index (χ0) is 15.5. The summed E-state index contributed by atoms with van der Waals surface area (Å²) in [6.07, 6.45) is 15.6. The van der Waals surface area contributed by atoms with E-state index < -0.39 is 0 Å². The summed E-state index contributed by atoms with van der Waals surface area (Å²) in [6.45, 7) is 0. The number of hydrogen-bond acceptors (Lipinski definition) is 1. The van der Waals surface area contributed by atoms with Gasteiger partial charge in [0.1, 0.15) is 5.78 Å². The second kappa shape index (κ2) is 8.14. The Morgan fingerprint density at radius 3 is 2.05 bits per heavy atom. The van der Waals surface area contributed by atoms with E-state index in [4.69, 9.17) is 0 Å². The highest BCUT2D eigenvalue weighted by atomic mass is 79.9. The smallest absolute Gasteiger partial charge is 0.140 e. The molecule has 0 amide bonds. The van der Waals surface area contributed by atoms with Gasteiger partial charge in [-0.3, -0.25) is 4.79 Å². The fourth-order valence-corrected chi connectivity index (χ4v) is 6.57. The molecule has 3 aliphatic carbocycles. The van der Waals surface area contributed by atoms with Gasteiger partial charge in [0.15, 0.2) is 0 Å². The van der Waals surface area contributed by atoms with Crippen molar-refractivity contribution in [2.75, 3.05) is 0 Å². The topological polar surface area (TPSA) is 17.1 Å². The molecule has 22 heavy (non-hydrogen) atoms. The lowest BCUT2D eigenvalue weighted by Crippen LogP contribution is -2.37. The van der Waals surface area contributed by atoms with E-state index in [1.165, 1.54) is 64.2 Å². The molecule has 0 aromatic heterocycles. The van der Waals surface area contributed by atoms with Gasteiger partial charge < -0.3 is 0 Å². The zero-order valence-electron chi connectivity index (χ0n) is 13.6. The van der Waals surface area contributed by atoms with Gasteiger partial charge in [-0.05, 0) is 56.8 Å². The van der Waals surface area contributed by atoms with E-state index in [1.807, 2.05) is 0 Å². The molecule has 3 unspecified atom stereocenters. The molecule has 0 aliphatic heterocycles. The monoisotopic (exact) mass is 432 g/mol. The first kappa shape index (κ1) is 17.5. The first-order chi connectivity index (χ1) is 10.6. The van der Waals surface area contributed by atoms with Crippen molar-refractivity contribution in [3.63, 3.8) is 0 Å². The first-order valence-electron chi connectivity index (χ1n) is 9.47. The summed E-state index contributed by atoms with van der Waals surface area (Å²) in [6, 6.07) is 0. The number of halogens is 2. The third-order valence-corrected chi connectivity index (χ3v) is 8.49. The molecule has 3 rings (SSSR count). The van der Waals surface area contributed by atoms with Gasteiger partial charge >= 0.3 is 0 Å². The Morgan fingerprint density at radius 1 is 0.727 bits per heavy atom. The number of ketones is 1. The van der Waals surface area contributed by atoms with Crippen LogP contribution in [-0.2, 0) is 4.79 Å². The number of carbonyl (C=O) groups is 1. The number of hydrogen-bond donors (Lipinski definition) is 0. The van der Waals surface area contributed by atoms with Gasteiger partial charge in [0.25, 0.3) is 0 Å². The first-order valence-corrected chi connectivity index (χ1v) is 11.3. The van der Waals surface area contributed by atoms with Gasteiger partial charge in [0, 0.05) is 21.5 Å². The lowest BCUT2D eigenvalue weighted by molar-refractivity contribution is -0.128. The molecular formula is C19H30Br2O. The van der Waals surface area contributed by atoms with Crippen molar-refractivity contribution in [2.24, 2.45) is 23.7 Å². The van der Waals surface area contributed by atoms with E-state index in [1.54, 1.807) is 0 Å². The Hall–Kier alpha value is 0.630. The van der Waals surface area contributed by atoms with Crippen molar-refractivity contribution in [1.29, 1.82) is 0 Å². The van der Waals surface area contributed by atoms with Crippen LogP contribution in [0.1, 0.15) is 77.0 Å². The number of alkyl halides is 2. The lowest BCUT2D eigenvalue weighted by Gasteiger charge is -2.38. The predicted octanol–water partition coefficient (Wildman–Crippen LogP) is 6.27. The van der Waals surface area contributed by atoms with Crippen molar-refractivity contribution < 1.29 is 4.79 Å². The van der Waals surface area contributed by atoms with Crippen LogP contribution < -0.4 is 0 Å². The molecule has 3 saturated carbocycles. The van der Waals surface area contributed by atoms with Crippen molar-refractivity contribution in [1.82, 2.24) is 0 Å². The fourth-order valence-electron chi connectivity index (χ4n) is 5.16. The molecular weight excluding hydrogens is 404 g/mol. The van der Waals surface area contributed by atoms with Crippen LogP contribution in [0.2, 0.25) is 0 Å². The van der Waals surface area contributed by atoms with Gasteiger partial charge in [-0.2, -0.15) is 0 Å². The summed E-state index contributed by atoms with van der Waals surface area (Å²) in [5.41, 5.74) is 0. The van der Waals surface area contributed by atoms with Crippen molar-refractivity contribution in [3.05, 3.63) is 0 Å². The maximum Gasteiger partial charge on any atom is 0.140 e. The van der Waals surface area contributed by atoms with Gasteiger partial charge in [-0.15, -0.1) is 0 Å². The van der Waals surface area contributed by atoms with Gasteiger partial charge in [-0.1, -0.05) is 64.0 Å². The maximum absolute atomic E-state index is 12.9. The second-order valence-corrected chi connectivity index (χ2v) is 10.4. The van der Waals surface area contributed by atoms with Crippen LogP contribution in [0.15, 0.2) is 0 Å². The summed E-state index contributed by atoms with van der Waals surface area (Å²) in [4.78, 5) is 13.9. The Balaban J connectivity index is 1.51. The van der Waals surface area contributed by atoms with Gasteiger partial charge in [0.2, 0.25) is 0 Å². The molecule has 3 atom stereocenters. The van der Waals surface area contributed by atoms with E-state index in [2.05, 4.69) is 31.9 Å². The minimum Gasteiger partial charge on any atom is -0.299 e. The Bertz CT molecular complexity index is 370. The molecule has 0 heterocycles. The molecule has 126 valence electrons. The fraction of sp³-hybridized carbons (Fsp3) is 0.947. The standard InChI is InChI=1S/C19H30Br2O/c20-16-10-11-18(21)17(12-16)19(22)15-8-6-14(7-9-15)13-4-2-1-3-5-13/h13-18H,1-12H2. The van der Waals surface area contributed by atoms with Crippen molar-refractivity contribution in [3.8, 4) is 0 Å². The molecule has 3 fully saturated rings. The van der Waals surface area contributed by atoms with Crippen LogP contribution in [0.4, 0.5) is 0 Å². The molecule has 3 aliphatic rings. The lowest BCUT2D eigenvalue weighted by atomic mass is 9.68. The third kappa shape index (κ3) is 4.18. The molecule has 0 bridgehead atoms. The maximum atomic E-state index is 12.9. The molecule has 1 nitrogen and oxygen atoms in total. The SMILES string of the molecule is O=C(C1CCC(C2CCCCC2)CC1)C1CC(Br)CCC1Br. The van der Waals surface area contributed by atoms with Crippen LogP contribution >= 0.6 is 31.9 Å². The van der Waals surface area contributed by atoms with E-state index in [0.29, 0.717) is 21.4 Å². The molecule has 0 aromatic rings. The Labute approximate surface area is 152 Å². The molecule has 0 spiro atoms. The number of carbonyl (C=O) groups excluding carboxylic acids is 1. The van der Waals surface area contributed by atoms with Crippen LogP contribution in [0.3, 0.4) is 0 Å². The van der Waals surface area contributed by atoms with Crippen LogP contribution in [0, 0.1) is 23.7 Å². The van der Waals surface area contributed by atoms with Crippen molar-refractivity contribution >= 4 is 37.6 Å². The Kier molecular flexibility index (Phi) is 6.46. The minimum atomic E-state index is 0.259. The van der Waals surface area contributed by atoms with Gasteiger partial charge in [-0.25, -0.2) is 0 Å². The average molecular weight is 434 g/mol. The quantitative estimate of drug-likeness (QED) is 0.479. The highest BCUT2D eigenvalue weighted by molar-refractivity contribution is 9.10. The molecule has 0 saturated heterocycles. The Morgan fingerprint density at radius 2 is 1.36 bits per heavy atom. The van der Waals surface area contributed by atoms with Crippen LogP contribution in [0.5, 0.6) is 0 Å². The van der Waals surface area contributed by atoms with Crippen LogP contribution in [0.25, 0.3) is 0 Å². The predicted molar refractivity (Wildman–Crippen MR) is 99.8 cm³/mol. The largest absolute Gasteiger partial charge is 0.299 e.